The molecular weight excluding hydrogens is 396 g/mol. The van der Waals surface area contributed by atoms with Gasteiger partial charge in [0.05, 0.1) is 12.6 Å². The average molecular weight is 412 g/mol. The highest BCUT2D eigenvalue weighted by Gasteiger charge is 2.37. The van der Waals surface area contributed by atoms with Gasteiger partial charge in [-0.25, -0.2) is 14.1 Å². The average Bonchev–Trinajstić information content (AvgIpc) is 3.38. The summed E-state index contributed by atoms with van der Waals surface area (Å²) >= 11 is 0. The van der Waals surface area contributed by atoms with Crippen LogP contribution in [0.5, 0.6) is 5.75 Å². The zero-order chi connectivity index (χ0) is 20.9. The second kappa shape index (κ2) is 6.83. The minimum absolute atomic E-state index is 0.0415. The molecule has 2 aromatic heterocycles. The topological polar surface area (TPSA) is 93.0 Å². The fraction of sp³-hybridized carbons (Fsp3) is 0.389. The molecule has 29 heavy (non-hydrogen) atoms. The molecule has 1 atom stereocenters. The van der Waals surface area contributed by atoms with Gasteiger partial charge in [0.25, 0.3) is 5.56 Å². The van der Waals surface area contributed by atoms with Gasteiger partial charge >= 0.3 is 6.36 Å². The zero-order valence-electron chi connectivity index (χ0n) is 15.1. The molecule has 7 nitrogen and oxygen atoms in total. The molecule has 2 N–H and O–H groups in total. The summed E-state index contributed by atoms with van der Waals surface area (Å²) in [5.74, 6) is -1.71. The van der Waals surface area contributed by atoms with E-state index in [4.69, 9.17) is 0 Å². The van der Waals surface area contributed by atoms with Crippen LogP contribution in [-0.2, 0) is 6.61 Å². The molecule has 1 fully saturated rings. The van der Waals surface area contributed by atoms with E-state index < -0.39 is 36.1 Å². The number of aliphatic hydroxyl groups excluding tert-OH is 1. The van der Waals surface area contributed by atoms with Gasteiger partial charge in [-0.1, -0.05) is 6.07 Å². The first-order chi connectivity index (χ1) is 13.7. The van der Waals surface area contributed by atoms with Crippen molar-refractivity contribution in [1.82, 2.24) is 19.7 Å². The number of aryl methyl sites for hydroxylation is 1. The number of rotatable bonds is 5. The molecule has 2 heterocycles. The molecule has 0 spiro atoms. The van der Waals surface area contributed by atoms with Crippen LogP contribution in [0, 0.1) is 18.7 Å². The van der Waals surface area contributed by atoms with Gasteiger partial charge < -0.3 is 14.8 Å². The number of hydrogen-bond acceptors (Lipinski definition) is 5. The van der Waals surface area contributed by atoms with Crippen molar-refractivity contribution in [3.05, 3.63) is 51.5 Å². The Morgan fingerprint density at radius 2 is 2.10 bits per heavy atom. The van der Waals surface area contributed by atoms with Crippen LogP contribution in [0.3, 0.4) is 0 Å². The SMILES string of the molecule is Cc1nc2c(c(CO)nn2C(c2ccc(OC(F)(F)F)c(F)c2)C2CC2)c(=O)[nH]1. The van der Waals surface area contributed by atoms with Gasteiger partial charge in [-0.3, -0.25) is 4.79 Å². The lowest BCUT2D eigenvalue weighted by molar-refractivity contribution is -0.275. The van der Waals surface area contributed by atoms with Crippen molar-refractivity contribution in [3.8, 4) is 5.75 Å². The molecule has 1 aromatic carbocycles. The van der Waals surface area contributed by atoms with Crippen molar-refractivity contribution in [2.45, 2.75) is 38.8 Å². The molecule has 0 amide bonds. The van der Waals surface area contributed by atoms with Crippen LogP contribution >= 0.6 is 0 Å². The number of ether oxygens (including phenoxy) is 1. The largest absolute Gasteiger partial charge is 0.573 e. The number of H-pyrrole nitrogens is 1. The number of hydrogen-bond donors (Lipinski definition) is 2. The van der Waals surface area contributed by atoms with E-state index in [2.05, 4.69) is 19.8 Å². The Morgan fingerprint density at radius 1 is 1.38 bits per heavy atom. The third-order valence-corrected chi connectivity index (χ3v) is 4.76. The maximum absolute atomic E-state index is 14.3. The van der Waals surface area contributed by atoms with E-state index in [-0.39, 0.29) is 22.6 Å². The van der Waals surface area contributed by atoms with Gasteiger partial charge in [0, 0.05) is 0 Å². The number of aromatic amines is 1. The molecule has 154 valence electrons. The Hall–Kier alpha value is -2.95. The zero-order valence-corrected chi connectivity index (χ0v) is 15.1. The summed E-state index contributed by atoms with van der Waals surface area (Å²) < 4.78 is 56.6. The molecule has 0 bridgehead atoms. The number of aliphatic hydroxyl groups is 1. The number of aromatic nitrogens is 4. The lowest BCUT2D eigenvalue weighted by Gasteiger charge is -2.19. The van der Waals surface area contributed by atoms with Crippen LogP contribution in [-0.4, -0.2) is 31.2 Å². The Bertz CT molecular complexity index is 1130. The van der Waals surface area contributed by atoms with Gasteiger partial charge in [-0.05, 0) is 43.4 Å². The van der Waals surface area contributed by atoms with E-state index in [0.717, 1.165) is 25.0 Å². The summed E-state index contributed by atoms with van der Waals surface area (Å²) in [5.41, 5.74) is 0.255. The molecular formula is C18H16F4N4O3. The lowest BCUT2D eigenvalue weighted by atomic mass is 10.0. The summed E-state index contributed by atoms with van der Waals surface area (Å²) in [6.07, 6.45) is -3.41. The predicted molar refractivity (Wildman–Crippen MR) is 92.8 cm³/mol. The smallest absolute Gasteiger partial charge is 0.403 e. The Balaban J connectivity index is 1.84. The normalized spacial score (nSPS) is 15.7. The Labute approximate surface area is 160 Å². The fourth-order valence-corrected chi connectivity index (χ4v) is 3.46. The van der Waals surface area contributed by atoms with Crippen LogP contribution < -0.4 is 10.3 Å². The number of alkyl halides is 3. The Morgan fingerprint density at radius 3 is 2.69 bits per heavy atom. The number of nitrogens with one attached hydrogen (secondary N) is 1. The monoisotopic (exact) mass is 412 g/mol. The highest BCUT2D eigenvalue weighted by Crippen LogP contribution is 2.45. The van der Waals surface area contributed by atoms with Crippen LogP contribution in [0.4, 0.5) is 17.6 Å². The molecule has 0 radical (unpaired) electrons. The second-order valence-electron chi connectivity index (χ2n) is 6.92. The highest BCUT2D eigenvalue weighted by atomic mass is 19.4. The van der Waals surface area contributed by atoms with Crippen molar-refractivity contribution in [2.24, 2.45) is 5.92 Å². The van der Waals surface area contributed by atoms with Crippen LogP contribution in [0.15, 0.2) is 23.0 Å². The first kappa shape index (κ1) is 19.4. The molecule has 0 aliphatic heterocycles. The van der Waals surface area contributed by atoms with Crippen LogP contribution in [0.25, 0.3) is 11.0 Å². The molecule has 1 aliphatic rings. The first-order valence-corrected chi connectivity index (χ1v) is 8.82. The first-order valence-electron chi connectivity index (χ1n) is 8.82. The van der Waals surface area contributed by atoms with E-state index in [9.17, 15) is 27.5 Å². The van der Waals surface area contributed by atoms with E-state index in [1.807, 2.05) is 0 Å². The summed E-state index contributed by atoms with van der Waals surface area (Å²) in [6.45, 7) is 1.09. The number of benzene rings is 1. The third kappa shape index (κ3) is 3.69. The van der Waals surface area contributed by atoms with Crippen molar-refractivity contribution in [3.63, 3.8) is 0 Å². The molecule has 0 saturated heterocycles. The van der Waals surface area contributed by atoms with Gasteiger partial charge in [-0.2, -0.15) is 5.10 Å². The number of fused-ring (bicyclic) bond motifs is 1. The van der Waals surface area contributed by atoms with E-state index in [1.54, 1.807) is 6.92 Å². The maximum Gasteiger partial charge on any atom is 0.573 e. The van der Waals surface area contributed by atoms with E-state index in [1.165, 1.54) is 10.7 Å². The van der Waals surface area contributed by atoms with Gasteiger partial charge in [-0.15, -0.1) is 13.2 Å². The summed E-state index contributed by atoms with van der Waals surface area (Å²) in [5, 5.41) is 14.0. The van der Waals surface area contributed by atoms with Gasteiger partial charge in [0.15, 0.2) is 17.2 Å². The van der Waals surface area contributed by atoms with E-state index >= 15 is 0 Å². The number of nitrogens with zero attached hydrogens (tertiary/aromatic N) is 3. The minimum Gasteiger partial charge on any atom is -0.403 e. The highest BCUT2D eigenvalue weighted by molar-refractivity contribution is 5.77. The summed E-state index contributed by atoms with van der Waals surface area (Å²) in [4.78, 5) is 19.2. The van der Waals surface area contributed by atoms with Crippen molar-refractivity contribution >= 4 is 11.0 Å². The van der Waals surface area contributed by atoms with Gasteiger partial charge in [0.1, 0.15) is 16.9 Å². The molecule has 3 aromatic rings. The number of halogens is 4. The predicted octanol–water partition coefficient (Wildman–Crippen LogP) is 2.96. The minimum atomic E-state index is -5.01. The van der Waals surface area contributed by atoms with Crippen molar-refractivity contribution in [2.75, 3.05) is 0 Å². The van der Waals surface area contributed by atoms with Crippen LogP contribution in [0.2, 0.25) is 0 Å². The third-order valence-electron chi connectivity index (χ3n) is 4.76. The Kier molecular flexibility index (Phi) is 4.56. The fourth-order valence-electron chi connectivity index (χ4n) is 3.46. The lowest BCUT2D eigenvalue weighted by Crippen LogP contribution is -2.19. The quantitative estimate of drug-likeness (QED) is 0.629. The summed E-state index contributed by atoms with van der Waals surface area (Å²) in [6, 6.07) is 2.66. The maximum atomic E-state index is 14.3. The van der Waals surface area contributed by atoms with E-state index in [0.29, 0.717) is 11.4 Å². The summed E-state index contributed by atoms with van der Waals surface area (Å²) in [7, 11) is 0. The second-order valence-corrected chi connectivity index (χ2v) is 6.92. The molecule has 11 heteroatoms. The van der Waals surface area contributed by atoms with Crippen molar-refractivity contribution in [1.29, 1.82) is 0 Å². The van der Waals surface area contributed by atoms with Crippen LogP contribution in [0.1, 0.15) is 36.0 Å². The molecule has 1 unspecified atom stereocenters. The van der Waals surface area contributed by atoms with Gasteiger partial charge in [0.2, 0.25) is 0 Å². The molecule has 1 saturated carbocycles. The molecule has 4 rings (SSSR count). The molecule has 1 aliphatic carbocycles. The van der Waals surface area contributed by atoms with Crippen molar-refractivity contribution < 1.29 is 27.4 Å². The standard InChI is InChI=1S/C18H16F4N4O3/c1-8-23-16-14(17(28)24-8)12(7-27)25-26(16)15(9-2-3-9)10-4-5-13(11(19)6-10)29-18(20,21)22/h4-6,9,15,27H,2-3,7H2,1H3,(H,23,24,28).